The van der Waals surface area contributed by atoms with Crippen molar-refractivity contribution in [3.05, 3.63) is 51.1 Å². The number of hydrogen-bond acceptors (Lipinski definition) is 2. The van der Waals surface area contributed by atoms with Gasteiger partial charge < -0.3 is 5.32 Å². The molecule has 1 aromatic carbocycles. The van der Waals surface area contributed by atoms with Gasteiger partial charge in [-0.1, -0.05) is 33.6 Å². The number of alkyl halides is 3. The van der Waals surface area contributed by atoms with Gasteiger partial charge >= 0.3 is 6.18 Å². The molecule has 0 unspecified atom stereocenters. The predicted molar refractivity (Wildman–Crippen MR) is 76.4 cm³/mol. The number of rotatable bonds is 2. The summed E-state index contributed by atoms with van der Waals surface area (Å²) < 4.78 is 38.9. The molecule has 0 atom stereocenters. The Kier molecular flexibility index (Phi) is 4.25. The fourth-order valence-electron chi connectivity index (χ4n) is 1.59. The van der Waals surface area contributed by atoms with Gasteiger partial charge in [0.15, 0.2) is 0 Å². The molecule has 0 bridgehead atoms. The Labute approximate surface area is 127 Å². The van der Waals surface area contributed by atoms with Crippen molar-refractivity contribution in [3.63, 3.8) is 0 Å². The van der Waals surface area contributed by atoms with Crippen molar-refractivity contribution in [2.45, 2.75) is 13.1 Å². The molecule has 1 heterocycles. The summed E-state index contributed by atoms with van der Waals surface area (Å²) in [6.07, 6.45) is -4.46. The van der Waals surface area contributed by atoms with E-state index in [-0.39, 0.29) is 11.0 Å². The van der Waals surface area contributed by atoms with Crippen LogP contribution in [-0.2, 0) is 6.18 Å². The minimum absolute atomic E-state index is 0.0472. The summed E-state index contributed by atoms with van der Waals surface area (Å²) in [5.41, 5.74) is 0.693. The van der Waals surface area contributed by atoms with Crippen LogP contribution in [0.25, 0.3) is 0 Å². The third kappa shape index (κ3) is 3.64. The van der Waals surface area contributed by atoms with Crippen LogP contribution in [0.1, 0.15) is 11.1 Å². The van der Waals surface area contributed by atoms with Gasteiger partial charge in [0.2, 0.25) is 0 Å². The van der Waals surface area contributed by atoms with Gasteiger partial charge in [0.1, 0.15) is 11.0 Å². The van der Waals surface area contributed by atoms with Gasteiger partial charge in [-0.2, -0.15) is 13.2 Å². The molecule has 0 radical (unpaired) electrons. The van der Waals surface area contributed by atoms with Gasteiger partial charge in [0, 0.05) is 10.2 Å². The molecule has 2 aromatic rings. The Morgan fingerprint density at radius 2 is 1.90 bits per heavy atom. The maximum atomic E-state index is 12.7. The number of benzene rings is 1. The van der Waals surface area contributed by atoms with E-state index < -0.39 is 11.7 Å². The van der Waals surface area contributed by atoms with Crippen LogP contribution in [0.4, 0.5) is 24.7 Å². The van der Waals surface area contributed by atoms with Crippen LogP contribution in [0.2, 0.25) is 5.15 Å². The Morgan fingerprint density at radius 3 is 2.55 bits per heavy atom. The highest BCUT2D eigenvalue weighted by Gasteiger charge is 2.31. The maximum absolute atomic E-state index is 12.7. The SMILES string of the molecule is Cc1ccc(Br)cc1Nc1cc(C(F)(F)F)cc(Cl)n1. The van der Waals surface area contributed by atoms with Crippen LogP contribution < -0.4 is 5.32 Å². The lowest BCUT2D eigenvalue weighted by Gasteiger charge is -2.12. The highest BCUT2D eigenvalue weighted by molar-refractivity contribution is 9.10. The molecule has 0 spiro atoms. The number of halogens is 5. The first-order valence-electron chi connectivity index (χ1n) is 5.53. The summed E-state index contributed by atoms with van der Waals surface area (Å²) in [6.45, 7) is 1.84. The molecule has 106 valence electrons. The minimum Gasteiger partial charge on any atom is -0.340 e. The van der Waals surface area contributed by atoms with E-state index >= 15 is 0 Å². The Bertz CT molecular complexity index is 644. The maximum Gasteiger partial charge on any atom is 0.416 e. The van der Waals surface area contributed by atoms with Crippen molar-refractivity contribution >= 4 is 39.0 Å². The molecular weight excluding hydrogens is 357 g/mol. The van der Waals surface area contributed by atoms with Gasteiger partial charge in [-0.3, -0.25) is 0 Å². The number of hydrogen-bond donors (Lipinski definition) is 1. The number of aryl methyl sites for hydroxylation is 1. The largest absolute Gasteiger partial charge is 0.416 e. The molecule has 0 aliphatic rings. The van der Waals surface area contributed by atoms with Crippen molar-refractivity contribution in [3.8, 4) is 0 Å². The van der Waals surface area contributed by atoms with E-state index in [1.54, 1.807) is 6.07 Å². The molecular formula is C13H9BrClF3N2. The standard InChI is InChI=1S/C13H9BrClF3N2/c1-7-2-3-9(14)6-10(7)19-12-5-8(13(16,17)18)4-11(15)20-12/h2-6H,1H3,(H,19,20). The molecule has 2 rings (SSSR count). The van der Waals surface area contributed by atoms with E-state index in [9.17, 15) is 13.2 Å². The predicted octanol–water partition coefficient (Wildman–Crippen LogP) is 5.57. The average molecular weight is 366 g/mol. The lowest BCUT2D eigenvalue weighted by Crippen LogP contribution is -2.07. The summed E-state index contributed by atoms with van der Waals surface area (Å²) >= 11 is 8.94. The highest BCUT2D eigenvalue weighted by Crippen LogP contribution is 2.33. The highest BCUT2D eigenvalue weighted by atomic mass is 79.9. The van der Waals surface area contributed by atoms with E-state index in [2.05, 4.69) is 26.2 Å². The lowest BCUT2D eigenvalue weighted by atomic mass is 10.2. The summed E-state index contributed by atoms with van der Waals surface area (Å²) in [6, 6.07) is 7.15. The molecule has 0 aliphatic heterocycles. The van der Waals surface area contributed by atoms with Gasteiger partial charge in [-0.25, -0.2) is 4.98 Å². The van der Waals surface area contributed by atoms with Crippen LogP contribution in [-0.4, -0.2) is 4.98 Å². The van der Waals surface area contributed by atoms with Crippen molar-refractivity contribution in [1.82, 2.24) is 4.98 Å². The van der Waals surface area contributed by atoms with E-state index in [4.69, 9.17) is 11.6 Å². The lowest BCUT2D eigenvalue weighted by molar-refractivity contribution is -0.137. The molecule has 7 heteroatoms. The minimum atomic E-state index is -4.46. The molecule has 1 N–H and O–H groups in total. The zero-order chi connectivity index (χ0) is 14.9. The smallest absolute Gasteiger partial charge is 0.340 e. The Morgan fingerprint density at radius 1 is 1.20 bits per heavy atom. The molecule has 2 nitrogen and oxygen atoms in total. The van der Waals surface area contributed by atoms with E-state index in [1.807, 2.05) is 19.1 Å². The van der Waals surface area contributed by atoms with E-state index in [0.717, 1.165) is 22.2 Å². The molecule has 0 saturated carbocycles. The zero-order valence-electron chi connectivity index (χ0n) is 10.2. The van der Waals surface area contributed by atoms with Crippen LogP contribution in [0, 0.1) is 6.92 Å². The third-order valence-corrected chi connectivity index (χ3v) is 3.27. The normalized spacial score (nSPS) is 11.5. The number of aromatic nitrogens is 1. The first kappa shape index (κ1) is 15.1. The van der Waals surface area contributed by atoms with Crippen molar-refractivity contribution in [1.29, 1.82) is 0 Å². The molecule has 1 aromatic heterocycles. The molecule has 0 aliphatic carbocycles. The van der Waals surface area contributed by atoms with Crippen LogP contribution in [0.3, 0.4) is 0 Å². The van der Waals surface area contributed by atoms with E-state index in [0.29, 0.717) is 5.69 Å². The molecule has 0 amide bonds. The van der Waals surface area contributed by atoms with Gasteiger partial charge in [0.25, 0.3) is 0 Å². The summed E-state index contributed by atoms with van der Waals surface area (Å²) in [4.78, 5) is 3.85. The summed E-state index contributed by atoms with van der Waals surface area (Å²) in [5.74, 6) is 0.0472. The second-order valence-electron chi connectivity index (χ2n) is 4.15. The molecule has 0 fully saturated rings. The van der Waals surface area contributed by atoms with Crippen molar-refractivity contribution in [2.75, 3.05) is 5.32 Å². The first-order valence-corrected chi connectivity index (χ1v) is 6.71. The summed E-state index contributed by atoms with van der Waals surface area (Å²) in [7, 11) is 0. The fourth-order valence-corrected chi connectivity index (χ4v) is 2.16. The monoisotopic (exact) mass is 364 g/mol. The quantitative estimate of drug-likeness (QED) is 0.704. The van der Waals surface area contributed by atoms with Crippen LogP contribution in [0.15, 0.2) is 34.8 Å². The second-order valence-corrected chi connectivity index (χ2v) is 5.45. The number of nitrogens with zero attached hydrogens (tertiary/aromatic N) is 1. The Hall–Kier alpha value is -1.27. The van der Waals surface area contributed by atoms with Gasteiger partial charge in [-0.15, -0.1) is 0 Å². The fraction of sp³-hybridized carbons (Fsp3) is 0.154. The number of anilines is 2. The number of nitrogens with one attached hydrogen (secondary N) is 1. The van der Waals surface area contributed by atoms with Crippen molar-refractivity contribution < 1.29 is 13.2 Å². The van der Waals surface area contributed by atoms with Gasteiger partial charge in [0.05, 0.1) is 5.56 Å². The topological polar surface area (TPSA) is 24.9 Å². The summed E-state index contributed by atoms with van der Waals surface area (Å²) in [5, 5.41) is 2.63. The molecule has 20 heavy (non-hydrogen) atoms. The molecule has 0 saturated heterocycles. The van der Waals surface area contributed by atoms with Crippen LogP contribution >= 0.6 is 27.5 Å². The third-order valence-electron chi connectivity index (χ3n) is 2.58. The Balaban J connectivity index is 2.39. The number of pyridine rings is 1. The zero-order valence-corrected chi connectivity index (χ0v) is 12.6. The van der Waals surface area contributed by atoms with Crippen molar-refractivity contribution in [2.24, 2.45) is 0 Å². The first-order chi connectivity index (χ1) is 9.25. The second kappa shape index (κ2) is 5.61. The van der Waals surface area contributed by atoms with E-state index in [1.165, 1.54) is 0 Å². The van der Waals surface area contributed by atoms with Crippen LogP contribution in [0.5, 0.6) is 0 Å². The van der Waals surface area contributed by atoms with Gasteiger partial charge in [-0.05, 0) is 36.8 Å². The average Bonchev–Trinajstić information content (AvgIpc) is 2.32.